The zero-order valence-electron chi connectivity index (χ0n) is 16.3. The van der Waals surface area contributed by atoms with Crippen molar-refractivity contribution in [2.24, 2.45) is 11.8 Å². The lowest BCUT2D eigenvalue weighted by molar-refractivity contribution is -0.121. The second-order valence-corrected chi connectivity index (χ2v) is 6.15. The van der Waals surface area contributed by atoms with Crippen molar-refractivity contribution in [3.05, 3.63) is 12.7 Å². The molecule has 0 saturated carbocycles. The highest BCUT2D eigenvalue weighted by molar-refractivity contribution is 5.80. The molecule has 0 heterocycles. The zero-order valence-corrected chi connectivity index (χ0v) is 16.3. The Morgan fingerprint density at radius 1 is 1.04 bits per heavy atom. The van der Waals surface area contributed by atoms with Gasteiger partial charge in [0.05, 0.1) is 0 Å². The van der Waals surface area contributed by atoms with E-state index in [9.17, 15) is 9.59 Å². The Morgan fingerprint density at radius 2 is 1.57 bits per heavy atom. The molecule has 0 rings (SSSR count). The van der Waals surface area contributed by atoms with Crippen molar-refractivity contribution >= 4 is 12.1 Å². The van der Waals surface area contributed by atoms with Crippen LogP contribution in [-0.4, -0.2) is 39.3 Å². The van der Waals surface area contributed by atoms with Gasteiger partial charge in [-0.15, -0.1) is 6.58 Å². The topological polar surface area (TPSA) is 58.2 Å². The van der Waals surface area contributed by atoms with Gasteiger partial charge in [0.2, 0.25) is 0 Å². The lowest BCUT2D eigenvalue weighted by atomic mass is 10.1. The number of aldehydes is 1. The molecule has 4 heteroatoms. The Kier molecular flexibility index (Phi) is 27.2. The highest BCUT2D eigenvalue weighted by Crippen LogP contribution is 2.01. The van der Waals surface area contributed by atoms with Crippen molar-refractivity contribution in [1.29, 1.82) is 0 Å². The third kappa shape index (κ3) is 33.7. The molecule has 0 saturated heterocycles. The molecule has 138 valence electrons. The van der Waals surface area contributed by atoms with E-state index in [0.29, 0.717) is 18.1 Å². The van der Waals surface area contributed by atoms with Gasteiger partial charge >= 0.3 is 0 Å². The predicted molar refractivity (Wildman–Crippen MR) is 102 cm³/mol. The third-order valence-corrected chi connectivity index (χ3v) is 2.95. The first kappa shape index (κ1) is 26.9. The smallest absolute Gasteiger partial charge is 0.135 e. The van der Waals surface area contributed by atoms with Gasteiger partial charge in [-0.1, -0.05) is 33.8 Å². The molecule has 0 atom stereocenters. The van der Waals surface area contributed by atoms with Crippen LogP contribution in [0.1, 0.15) is 59.8 Å². The largest absolute Gasteiger partial charge is 0.320 e. The first-order valence-corrected chi connectivity index (χ1v) is 8.73. The van der Waals surface area contributed by atoms with Crippen molar-refractivity contribution in [2.75, 3.05) is 27.2 Å². The Morgan fingerprint density at radius 3 is 1.83 bits per heavy atom. The van der Waals surface area contributed by atoms with E-state index in [1.807, 2.05) is 27.9 Å². The predicted octanol–water partition coefficient (Wildman–Crippen LogP) is 3.61. The maximum atomic E-state index is 10.9. The Labute approximate surface area is 144 Å². The summed E-state index contributed by atoms with van der Waals surface area (Å²) < 4.78 is 0. The molecule has 0 aliphatic rings. The van der Waals surface area contributed by atoms with Gasteiger partial charge in [-0.2, -0.15) is 0 Å². The quantitative estimate of drug-likeness (QED) is 0.345. The third-order valence-electron chi connectivity index (χ3n) is 2.95. The van der Waals surface area contributed by atoms with Crippen molar-refractivity contribution in [3.63, 3.8) is 0 Å². The molecule has 0 aromatic carbocycles. The van der Waals surface area contributed by atoms with E-state index in [0.717, 1.165) is 38.6 Å². The number of ketones is 1. The van der Waals surface area contributed by atoms with Crippen LogP contribution < -0.4 is 10.6 Å². The number of rotatable bonds is 11. The summed E-state index contributed by atoms with van der Waals surface area (Å²) in [7, 11) is 3.94. The van der Waals surface area contributed by atoms with Crippen LogP contribution in [0.25, 0.3) is 0 Å². The van der Waals surface area contributed by atoms with Crippen molar-refractivity contribution in [1.82, 2.24) is 10.6 Å². The van der Waals surface area contributed by atoms with E-state index in [1.54, 1.807) is 6.08 Å². The van der Waals surface area contributed by atoms with E-state index >= 15 is 0 Å². The maximum absolute atomic E-state index is 10.9. The summed E-state index contributed by atoms with van der Waals surface area (Å²) in [5.41, 5.74) is 0. The van der Waals surface area contributed by atoms with Crippen LogP contribution in [0.5, 0.6) is 0 Å². The molecular formula is C19H40N2O2. The van der Waals surface area contributed by atoms with Gasteiger partial charge in [0.1, 0.15) is 12.1 Å². The van der Waals surface area contributed by atoms with Crippen molar-refractivity contribution < 1.29 is 9.59 Å². The average molecular weight is 329 g/mol. The van der Waals surface area contributed by atoms with E-state index in [4.69, 9.17) is 0 Å². The van der Waals surface area contributed by atoms with Gasteiger partial charge in [-0.3, -0.25) is 4.79 Å². The first-order valence-electron chi connectivity index (χ1n) is 8.73. The molecule has 4 nitrogen and oxygen atoms in total. The summed E-state index contributed by atoms with van der Waals surface area (Å²) in [5.74, 6) is 1.19. The van der Waals surface area contributed by atoms with Gasteiger partial charge in [-0.05, 0) is 52.4 Å². The van der Waals surface area contributed by atoms with Crippen LogP contribution in [0.4, 0.5) is 0 Å². The van der Waals surface area contributed by atoms with Crippen LogP contribution in [0.3, 0.4) is 0 Å². The average Bonchev–Trinajstić information content (AvgIpc) is 2.52. The molecule has 0 radical (unpaired) electrons. The van der Waals surface area contributed by atoms with Gasteiger partial charge < -0.3 is 15.4 Å². The summed E-state index contributed by atoms with van der Waals surface area (Å²) in [6, 6.07) is 0. The normalized spacial score (nSPS) is 9.57. The van der Waals surface area contributed by atoms with Crippen LogP contribution in [0.2, 0.25) is 0 Å². The van der Waals surface area contributed by atoms with E-state index in [1.165, 1.54) is 6.42 Å². The molecule has 0 fully saturated rings. The van der Waals surface area contributed by atoms with E-state index < -0.39 is 0 Å². The number of carbonyl (C=O) groups excluding carboxylic acids is 2. The Hall–Kier alpha value is -1.00. The highest BCUT2D eigenvalue weighted by Gasteiger charge is 2.03. The number of hydrogen-bond donors (Lipinski definition) is 2. The summed E-state index contributed by atoms with van der Waals surface area (Å²) >= 11 is 0. The monoisotopic (exact) mass is 328 g/mol. The maximum Gasteiger partial charge on any atom is 0.135 e. The van der Waals surface area contributed by atoms with Crippen LogP contribution in [0.15, 0.2) is 12.7 Å². The fraction of sp³-hybridized carbons (Fsp3) is 0.789. The molecule has 0 aromatic heterocycles. The Balaban J connectivity index is -0.000000264. The van der Waals surface area contributed by atoms with E-state index in [2.05, 4.69) is 31.1 Å². The second kappa shape index (κ2) is 23.3. The first-order chi connectivity index (χ1) is 10.9. The Bertz CT molecular complexity index is 260. The molecule has 0 amide bonds. The molecule has 2 N–H and O–H groups in total. The molecule has 23 heavy (non-hydrogen) atoms. The van der Waals surface area contributed by atoms with Crippen LogP contribution in [0, 0.1) is 11.8 Å². The number of carbonyl (C=O) groups is 2. The van der Waals surface area contributed by atoms with Gasteiger partial charge in [0.15, 0.2) is 0 Å². The number of Topliss-reactive ketones (excluding diaryl/α,β-unsaturated/α-hetero) is 1. The van der Waals surface area contributed by atoms with E-state index in [-0.39, 0.29) is 5.92 Å². The standard InChI is InChI=1S/C8H14O.C6H12O.C5H14N2/c1-4-5-6-8(9)7(2)3;1-6(2)4-3-5-7;1-6-4-3-5-7-2/h4,7H,1,5-6H2,2-3H3;5-6H,3-4H2,1-2H3;6-7H,3-5H2,1-2H3. The fourth-order valence-electron chi connectivity index (χ4n) is 1.38. The van der Waals surface area contributed by atoms with Gasteiger partial charge in [0, 0.05) is 18.8 Å². The summed E-state index contributed by atoms with van der Waals surface area (Å²) in [5, 5.41) is 6.12. The number of hydrogen-bond acceptors (Lipinski definition) is 4. The lowest BCUT2D eigenvalue weighted by Gasteiger charge is -1.99. The molecule has 0 aliphatic carbocycles. The molecule has 0 aliphatic heterocycles. The van der Waals surface area contributed by atoms with Crippen LogP contribution >= 0.6 is 0 Å². The second-order valence-electron chi connectivity index (χ2n) is 6.15. The zero-order chi connectivity index (χ0) is 18.5. The molecule has 0 bridgehead atoms. The molecule has 0 aromatic rings. The lowest BCUT2D eigenvalue weighted by Crippen LogP contribution is -2.15. The SMILES string of the molecule is C=CCCC(=O)C(C)C.CC(C)CCC=O.CNCCCNC. The van der Waals surface area contributed by atoms with Crippen molar-refractivity contribution in [3.8, 4) is 0 Å². The number of nitrogens with one attached hydrogen (secondary N) is 2. The van der Waals surface area contributed by atoms with Crippen LogP contribution in [-0.2, 0) is 9.59 Å². The summed E-state index contributed by atoms with van der Waals surface area (Å²) in [6.45, 7) is 13.8. The minimum Gasteiger partial charge on any atom is -0.320 e. The van der Waals surface area contributed by atoms with Gasteiger partial charge in [-0.25, -0.2) is 0 Å². The van der Waals surface area contributed by atoms with Gasteiger partial charge in [0.25, 0.3) is 0 Å². The summed E-state index contributed by atoms with van der Waals surface area (Å²) in [4.78, 5) is 20.6. The fourth-order valence-corrected chi connectivity index (χ4v) is 1.38. The molecule has 0 unspecified atom stereocenters. The molecule has 0 spiro atoms. The van der Waals surface area contributed by atoms with Crippen molar-refractivity contribution in [2.45, 2.75) is 59.8 Å². The number of allylic oxidation sites excluding steroid dienone is 1. The highest BCUT2D eigenvalue weighted by atomic mass is 16.1. The molecular weight excluding hydrogens is 288 g/mol. The minimum atomic E-state index is 0.185. The summed E-state index contributed by atoms with van der Waals surface area (Å²) in [6.07, 6.45) is 7.19. The minimum absolute atomic E-state index is 0.185.